The Kier molecular flexibility index (Phi) is 8.37. The van der Waals surface area contributed by atoms with Crippen molar-refractivity contribution in [2.45, 2.75) is 46.1 Å². The normalized spacial score (nSPS) is 15.6. The van der Waals surface area contributed by atoms with Crippen molar-refractivity contribution in [1.82, 2.24) is 9.80 Å². The average molecular weight is 353 g/mol. The quantitative estimate of drug-likeness (QED) is 0.608. The van der Waals surface area contributed by atoms with E-state index in [4.69, 9.17) is 16.3 Å². The first-order chi connectivity index (χ1) is 11.6. The van der Waals surface area contributed by atoms with Crippen LogP contribution in [0.4, 0.5) is 0 Å². The van der Waals surface area contributed by atoms with Crippen molar-refractivity contribution >= 4 is 11.6 Å². The fraction of sp³-hybridized carbons (Fsp3) is 0.700. The van der Waals surface area contributed by atoms with E-state index in [9.17, 15) is 0 Å². The van der Waals surface area contributed by atoms with Crippen molar-refractivity contribution < 1.29 is 4.74 Å². The van der Waals surface area contributed by atoms with Crippen LogP contribution >= 0.6 is 11.6 Å². The number of hydrogen-bond donors (Lipinski definition) is 0. The van der Waals surface area contributed by atoms with Gasteiger partial charge in [0, 0.05) is 6.54 Å². The number of likely N-dealkylation sites (tertiary alicyclic amines) is 1. The predicted molar refractivity (Wildman–Crippen MR) is 103 cm³/mol. The van der Waals surface area contributed by atoms with Crippen LogP contribution in [-0.2, 0) is 6.54 Å². The smallest absolute Gasteiger partial charge is 0.137 e. The van der Waals surface area contributed by atoms with E-state index in [-0.39, 0.29) is 0 Å². The molecular formula is C20H33ClN2O. The number of benzene rings is 1. The van der Waals surface area contributed by atoms with Gasteiger partial charge in [0.15, 0.2) is 0 Å². The van der Waals surface area contributed by atoms with Crippen LogP contribution in [-0.4, -0.2) is 49.6 Å². The van der Waals surface area contributed by atoms with Crippen LogP contribution in [0.5, 0.6) is 5.75 Å². The third-order valence-electron chi connectivity index (χ3n) is 4.79. The van der Waals surface area contributed by atoms with Gasteiger partial charge in [-0.1, -0.05) is 31.5 Å². The SMILES string of the molecule is COc1ccc(CN(CCCN2CCCC2)CCC(C)C)cc1Cl. The molecule has 1 heterocycles. The molecule has 0 radical (unpaired) electrons. The van der Waals surface area contributed by atoms with Gasteiger partial charge in [-0.05, 0) is 82.0 Å². The molecule has 0 N–H and O–H groups in total. The first-order valence-electron chi connectivity index (χ1n) is 9.35. The lowest BCUT2D eigenvalue weighted by atomic mass is 10.1. The summed E-state index contributed by atoms with van der Waals surface area (Å²) < 4.78 is 5.25. The number of ether oxygens (including phenoxy) is 1. The Balaban J connectivity index is 1.87. The van der Waals surface area contributed by atoms with E-state index in [2.05, 4.69) is 29.7 Å². The topological polar surface area (TPSA) is 15.7 Å². The molecule has 1 aromatic rings. The van der Waals surface area contributed by atoms with E-state index in [1.54, 1.807) is 7.11 Å². The second kappa shape index (κ2) is 10.3. The molecule has 0 aliphatic carbocycles. The molecule has 1 aliphatic rings. The highest BCUT2D eigenvalue weighted by Gasteiger charge is 2.13. The molecule has 1 saturated heterocycles. The lowest BCUT2D eigenvalue weighted by molar-refractivity contribution is 0.227. The number of halogens is 1. The van der Waals surface area contributed by atoms with Gasteiger partial charge in [-0.3, -0.25) is 4.90 Å². The summed E-state index contributed by atoms with van der Waals surface area (Å²) >= 11 is 6.28. The highest BCUT2D eigenvalue weighted by atomic mass is 35.5. The Labute approximate surface area is 152 Å². The molecule has 0 aromatic heterocycles. The maximum absolute atomic E-state index is 6.28. The molecule has 0 saturated carbocycles. The van der Waals surface area contributed by atoms with Crippen LogP contribution in [0.1, 0.15) is 45.1 Å². The zero-order valence-electron chi connectivity index (χ0n) is 15.6. The average Bonchev–Trinajstić information content (AvgIpc) is 3.06. The molecule has 24 heavy (non-hydrogen) atoms. The summed E-state index contributed by atoms with van der Waals surface area (Å²) in [5.41, 5.74) is 1.27. The summed E-state index contributed by atoms with van der Waals surface area (Å²) in [5, 5.41) is 0.705. The highest BCUT2D eigenvalue weighted by molar-refractivity contribution is 6.32. The van der Waals surface area contributed by atoms with Crippen molar-refractivity contribution in [2.24, 2.45) is 5.92 Å². The summed E-state index contributed by atoms with van der Waals surface area (Å²) in [6, 6.07) is 6.15. The Hall–Kier alpha value is -0.770. The largest absolute Gasteiger partial charge is 0.495 e. The molecule has 4 heteroatoms. The van der Waals surface area contributed by atoms with Gasteiger partial charge in [0.25, 0.3) is 0 Å². The molecule has 0 spiro atoms. The van der Waals surface area contributed by atoms with E-state index in [0.717, 1.165) is 31.3 Å². The van der Waals surface area contributed by atoms with Gasteiger partial charge in [0.05, 0.1) is 12.1 Å². The van der Waals surface area contributed by atoms with Crippen LogP contribution in [0.15, 0.2) is 18.2 Å². The minimum Gasteiger partial charge on any atom is -0.495 e. The highest BCUT2D eigenvalue weighted by Crippen LogP contribution is 2.25. The molecule has 1 aromatic carbocycles. The molecule has 0 unspecified atom stereocenters. The maximum Gasteiger partial charge on any atom is 0.137 e. The van der Waals surface area contributed by atoms with Crippen molar-refractivity contribution in [1.29, 1.82) is 0 Å². The third kappa shape index (κ3) is 6.62. The second-order valence-electron chi connectivity index (χ2n) is 7.33. The molecule has 136 valence electrons. The molecule has 1 aliphatic heterocycles. The first kappa shape index (κ1) is 19.6. The Morgan fingerprint density at radius 2 is 1.96 bits per heavy atom. The molecule has 0 amide bonds. The van der Waals surface area contributed by atoms with Crippen molar-refractivity contribution in [3.63, 3.8) is 0 Å². The minimum atomic E-state index is 0.705. The zero-order chi connectivity index (χ0) is 17.4. The van der Waals surface area contributed by atoms with Gasteiger partial charge in [0.1, 0.15) is 5.75 Å². The fourth-order valence-electron chi connectivity index (χ4n) is 3.30. The fourth-order valence-corrected chi connectivity index (χ4v) is 3.58. The Morgan fingerprint density at radius 1 is 1.21 bits per heavy atom. The second-order valence-corrected chi connectivity index (χ2v) is 7.74. The predicted octanol–water partition coefficient (Wildman–Crippen LogP) is 4.68. The lowest BCUT2D eigenvalue weighted by Gasteiger charge is -2.25. The molecule has 0 atom stereocenters. The summed E-state index contributed by atoms with van der Waals surface area (Å²) in [4.78, 5) is 5.18. The van der Waals surface area contributed by atoms with E-state index in [1.165, 1.54) is 50.9 Å². The van der Waals surface area contributed by atoms with Gasteiger partial charge in [-0.15, -0.1) is 0 Å². The zero-order valence-corrected chi connectivity index (χ0v) is 16.3. The molecular weight excluding hydrogens is 320 g/mol. The third-order valence-corrected chi connectivity index (χ3v) is 5.09. The molecule has 3 nitrogen and oxygen atoms in total. The van der Waals surface area contributed by atoms with E-state index in [0.29, 0.717) is 5.02 Å². The standard InChI is InChI=1S/C20H33ClN2O/c1-17(2)9-14-23(13-6-12-22-10-4-5-11-22)16-18-7-8-20(24-3)19(21)15-18/h7-8,15,17H,4-6,9-14,16H2,1-3H3. The Bertz CT molecular complexity index is 487. The summed E-state index contributed by atoms with van der Waals surface area (Å²) in [5.74, 6) is 1.49. The number of rotatable bonds is 10. The van der Waals surface area contributed by atoms with Crippen LogP contribution in [0.25, 0.3) is 0 Å². The number of hydrogen-bond acceptors (Lipinski definition) is 3. The summed E-state index contributed by atoms with van der Waals surface area (Å²) in [6.07, 6.45) is 5.25. The van der Waals surface area contributed by atoms with Gasteiger partial charge < -0.3 is 9.64 Å². The van der Waals surface area contributed by atoms with Gasteiger partial charge >= 0.3 is 0 Å². The van der Waals surface area contributed by atoms with Crippen molar-refractivity contribution in [3.05, 3.63) is 28.8 Å². The van der Waals surface area contributed by atoms with Crippen LogP contribution in [0, 0.1) is 5.92 Å². The van der Waals surface area contributed by atoms with Gasteiger partial charge in [0.2, 0.25) is 0 Å². The van der Waals surface area contributed by atoms with Crippen LogP contribution in [0.3, 0.4) is 0 Å². The number of methoxy groups -OCH3 is 1. The molecule has 0 bridgehead atoms. The van der Waals surface area contributed by atoms with E-state index >= 15 is 0 Å². The number of nitrogens with zero attached hydrogens (tertiary/aromatic N) is 2. The van der Waals surface area contributed by atoms with Crippen LogP contribution in [0.2, 0.25) is 5.02 Å². The van der Waals surface area contributed by atoms with Gasteiger partial charge in [-0.2, -0.15) is 0 Å². The molecule has 2 rings (SSSR count). The van der Waals surface area contributed by atoms with Gasteiger partial charge in [-0.25, -0.2) is 0 Å². The summed E-state index contributed by atoms with van der Waals surface area (Å²) in [6.45, 7) is 11.7. The van der Waals surface area contributed by atoms with Crippen molar-refractivity contribution in [3.8, 4) is 5.75 Å². The lowest BCUT2D eigenvalue weighted by Crippen LogP contribution is -2.30. The van der Waals surface area contributed by atoms with E-state index < -0.39 is 0 Å². The monoisotopic (exact) mass is 352 g/mol. The first-order valence-corrected chi connectivity index (χ1v) is 9.73. The minimum absolute atomic E-state index is 0.705. The maximum atomic E-state index is 6.28. The van der Waals surface area contributed by atoms with E-state index in [1.807, 2.05) is 12.1 Å². The Morgan fingerprint density at radius 3 is 2.58 bits per heavy atom. The van der Waals surface area contributed by atoms with Crippen LogP contribution < -0.4 is 4.74 Å². The summed E-state index contributed by atoms with van der Waals surface area (Å²) in [7, 11) is 1.66. The van der Waals surface area contributed by atoms with Crippen molar-refractivity contribution in [2.75, 3.05) is 39.8 Å². The molecule has 1 fully saturated rings.